The van der Waals surface area contributed by atoms with E-state index in [-0.39, 0.29) is 5.92 Å². The van der Waals surface area contributed by atoms with Gasteiger partial charge in [-0.15, -0.1) is 0 Å². The van der Waals surface area contributed by atoms with E-state index in [4.69, 9.17) is 4.74 Å². The first kappa shape index (κ1) is 26.4. The third-order valence-electron chi connectivity index (χ3n) is 7.51. The highest BCUT2D eigenvalue weighted by Gasteiger charge is 2.42. The molecule has 0 aliphatic rings. The summed E-state index contributed by atoms with van der Waals surface area (Å²) in [6.45, 7) is 2.83. The SMILES string of the molecule is COc1cc2ccc(Br)cc2cc1[C@@H](c1cccc(C)c1)[C@@](O)(CCN(C)C)c1cccc2ccccc12. The van der Waals surface area contributed by atoms with Gasteiger partial charge in [0.05, 0.1) is 7.11 Å². The molecule has 0 saturated carbocycles. The van der Waals surface area contributed by atoms with Gasteiger partial charge in [-0.25, -0.2) is 0 Å². The summed E-state index contributed by atoms with van der Waals surface area (Å²) in [6, 6.07) is 33.6. The number of nitrogens with zero attached hydrogens (tertiary/aromatic N) is 1. The van der Waals surface area contributed by atoms with E-state index >= 15 is 0 Å². The maximum absolute atomic E-state index is 13.1. The summed E-state index contributed by atoms with van der Waals surface area (Å²) in [5.74, 6) is 0.404. The Bertz CT molecular complexity index is 1590. The minimum Gasteiger partial charge on any atom is -0.496 e. The maximum Gasteiger partial charge on any atom is 0.123 e. The molecule has 38 heavy (non-hydrogen) atoms. The molecule has 0 fully saturated rings. The number of ether oxygens (including phenoxy) is 1. The highest BCUT2D eigenvalue weighted by Crippen LogP contribution is 2.49. The second kappa shape index (κ2) is 10.9. The van der Waals surface area contributed by atoms with Gasteiger partial charge < -0.3 is 14.7 Å². The first-order valence-corrected chi connectivity index (χ1v) is 13.8. The van der Waals surface area contributed by atoms with Gasteiger partial charge in [0, 0.05) is 22.5 Å². The van der Waals surface area contributed by atoms with Crippen molar-refractivity contribution in [2.24, 2.45) is 0 Å². The number of fused-ring (bicyclic) bond motifs is 2. The summed E-state index contributed by atoms with van der Waals surface area (Å²) in [5, 5.41) is 17.5. The molecule has 2 atom stereocenters. The second-order valence-electron chi connectivity index (χ2n) is 10.4. The van der Waals surface area contributed by atoms with E-state index in [0.717, 1.165) is 60.6 Å². The van der Waals surface area contributed by atoms with Crippen molar-refractivity contribution in [1.82, 2.24) is 4.90 Å². The van der Waals surface area contributed by atoms with Crippen molar-refractivity contribution >= 4 is 37.5 Å². The van der Waals surface area contributed by atoms with E-state index < -0.39 is 5.60 Å². The van der Waals surface area contributed by atoms with Crippen molar-refractivity contribution in [2.45, 2.75) is 24.9 Å². The van der Waals surface area contributed by atoms with E-state index in [1.54, 1.807) is 7.11 Å². The van der Waals surface area contributed by atoms with Gasteiger partial charge in [0.25, 0.3) is 0 Å². The average Bonchev–Trinajstić information content (AvgIpc) is 2.91. The number of benzene rings is 5. The molecule has 5 aromatic rings. The molecule has 3 nitrogen and oxygen atoms in total. The van der Waals surface area contributed by atoms with Crippen molar-refractivity contribution in [3.63, 3.8) is 0 Å². The lowest BCUT2D eigenvalue weighted by Gasteiger charge is -2.40. The molecule has 5 rings (SSSR count). The molecule has 0 saturated heterocycles. The van der Waals surface area contributed by atoms with Gasteiger partial charge in [-0.3, -0.25) is 0 Å². The Labute approximate surface area is 233 Å². The first-order valence-electron chi connectivity index (χ1n) is 13.0. The zero-order chi connectivity index (χ0) is 26.9. The quantitative estimate of drug-likeness (QED) is 0.206. The number of hydrogen-bond acceptors (Lipinski definition) is 3. The Morgan fingerprint density at radius 3 is 2.37 bits per heavy atom. The minimum absolute atomic E-state index is 0.369. The molecule has 0 aromatic heterocycles. The van der Waals surface area contributed by atoms with E-state index in [9.17, 15) is 5.11 Å². The van der Waals surface area contributed by atoms with Gasteiger partial charge in [0.2, 0.25) is 0 Å². The molecule has 0 aliphatic heterocycles. The average molecular weight is 569 g/mol. The van der Waals surface area contributed by atoms with Crippen LogP contribution >= 0.6 is 15.9 Å². The van der Waals surface area contributed by atoms with Crippen LogP contribution in [0.2, 0.25) is 0 Å². The van der Waals surface area contributed by atoms with Crippen LogP contribution in [-0.4, -0.2) is 37.8 Å². The first-order chi connectivity index (χ1) is 18.3. The maximum atomic E-state index is 13.1. The number of rotatable bonds is 8. The summed E-state index contributed by atoms with van der Waals surface area (Å²) < 4.78 is 7.05. The zero-order valence-electron chi connectivity index (χ0n) is 22.4. The summed E-state index contributed by atoms with van der Waals surface area (Å²) >= 11 is 3.64. The van der Waals surface area contributed by atoms with Gasteiger partial charge in [-0.1, -0.05) is 94.3 Å². The Balaban J connectivity index is 1.86. The monoisotopic (exact) mass is 567 g/mol. The van der Waals surface area contributed by atoms with Gasteiger partial charge >= 0.3 is 0 Å². The molecule has 5 aromatic carbocycles. The number of aryl methyl sites for hydroxylation is 1. The Hall–Kier alpha value is -3.18. The summed E-state index contributed by atoms with van der Waals surface area (Å²) in [4.78, 5) is 2.14. The van der Waals surface area contributed by atoms with Crippen molar-refractivity contribution in [3.05, 3.63) is 124 Å². The lowest BCUT2D eigenvalue weighted by atomic mass is 9.70. The van der Waals surface area contributed by atoms with Crippen LogP contribution in [0.5, 0.6) is 5.75 Å². The number of halogens is 1. The van der Waals surface area contributed by atoms with Crippen molar-refractivity contribution in [3.8, 4) is 5.75 Å². The second-order valence-corrected chi connectivity index (χ2v) is 11.4. The van der Waals surface area contributed by atoms with Gasteiger partial charge in [-0.2, -0.15) is 0 Å². The van der Waals surface area contributed by atoms with E-state index in [2.05, 4.69) is 121 Å². The van der Waals surface area contributed by atoms with Crippen LogP contribution in [0, 0.1) is 6.92 Å². The summed E-state index contributed by atoms with van der Waals surface area (Å²) in [5.41, 5.74) is 2.90. The van der Waals surface area contributed by atoms with E-state index in [0.29, 0.717) is 6.42 Å². The van der Waals surface area contributed by atoms with E-state index in [1.165, 1.54) is 0 Å². The molecule has 4 heteroatoms. The predicted octanol–water partition coefficient (Wildman–Crippen LogP) is 8.04. The van der Waals surface area contributed by atoms with Gasteiger partial charge in [0.15, 0.2) is 0 Å². The molecule has 0 spiro atoms. The number of aliphatic hydroxyl groups is 1. The number of hydrogen-bond donors (Lipinski definition) is 1. The predicted molar refractivity (Wildman–Crippen MR) is 162 cm³/mol. The Morgan fingerprint density at radius 2 is 1.61 bits per heavy atom. The third kappa shape index (κ3) is 5.09. The topological polar surface area (TPSA) is 32.7 Å². The molecule has 0 radical (unpaired) electrons. The molecular formula is C34H34BrNO2. The normalized spacial score (nSPS) is 14.1. The fourth-order valence-electron chi connectivity index (χ4n) is 5.66. The van der Waals surface area contributed by atoms with E-state index in [1.807, 2.05) is 18.2 Å². The Kier molecular flexibility index (Phi) is 7.58. The zero-order valence-corrected chi connectivity index (χ0v) is 24.0. The molecule has 0 heterocycles. The molecule has 0 unspecified atom stereocenters. The van der Waals surface area contributed by atoms with Crippen LogP contribution in [0.4, 0.5) is 0 Å². The number of methoxy groups -OCH3 is 1. The van der Waals surface area contributed by atoms with Crippen molar-refractivity contribution < 1.29 is 9.84 Å². The largest absolute Gasteiger partial charge is 0.496 e. The smallest absolute Gasteiger partial charge is 0.123 e. The highest BCUT2D eigenvalue weighted by molar-refractivity contribution is 9.10. The lowest BCUT2D eigenvalue weighted by molar-refractivity contribution is 0.00533. The van der Waals surface area contributed by atoms with Crippen LogP contribution in [0.3, 0.4) is 0 Å². The molecule has 0 aliphatic carbocycles. The summed E-state index contributed by atoms with van der Waals surface area (Å²) in [7, 11) is 5.83. The third-order valence-corrected chi connectivity index (χ3v) is 8.00. The minimum atomic E-state index is -1.22. The molecule has 0 amide bonds. The van der Waals surface area contributed by atoms with Crippen LogP contribution in [0.15, 0.2) is 102 Å². The van der Waals surface area contributed by atoms with Crippen LogP contribution in [0.1, 0.15) is 34.6 Å². The fraction of sp³-hybridized carbons (Fsp3) is 0.235. The summed E-state index contributed by atoms with van der Waals surface area (Å²) in [6.07, 6.45) is 0.548. The standard InChI is InChI=1S/C34H34BrNO2/c1-23-9-7-12-26(19-23)33(30-21-27-20-28(35)16-15-25(27)22-32(30)38-4)34(37,17-18-36(2)3)31-14-8-11-24-10-5-6-13-29(24)31/h5-16,19-22,33,37H,17-18H2,1-4H3/t33-,34-/m1/s1. The van der Waals surface area contributed by atoms with Crippen LogP contribution in [-0.2, 0) is 5.60 Å². The van der Waals surface area contributed by atoms with Crippen molar-refractivity contribution in [1.29, 1.82) is 0 Å². The molecule has 0 bridgehead atoms. The Morgan fingerprint density at radius 1 is 0.842 bits per heavy atom. The van der Waals surface area contributed by atoms with Gasteiger partial charge in [-0.05, 0) is 84.4 Å². The molecule has 194 valence electrons. The molecular weight excluding hydrogens is 534 g/mol. The molecule has 1 N–H and O–H groups in total. The van der Waals surface area contributed by atoms with Crippen molar-refractivity contribution in [2.75, 3.05) is 27.7 Å². The van der Waals surface area contributed by atoms with Gasteiger partial charge in [0.1, 0.15) is 11.4 Å². The van der Waals surface area contributed by atoms with Crippen LogP contribution < -0.4 is 4.74 Å². The lowest BCUT2D eigenvalue weighted by Crippen LogP contribution is -2.38. The highest BCUT2D eigenvalue weighted by atomic mass is 79.9. The van der Waals surface area contributed by atoms with Crippen LogP contribution in [0.25, 0.3) is 21.5 Å². The fourth-order valence-corrected chi connectivity index (χ4v) is 6.04.